The summed E-state index contributed by atoms with van der Waals surface area (Å²) in [7, 11) is 0. The topological polar surface area (TPSA) is 22.4 Å². The lowest BCUT2D eigenvalue weighted by Crippen LogP contribution is -2.06. The van der Waals surface area contributed by atoms with Crippen molar-refractivity contribution < 1.29 is 22.3 Å². The summed E-state index contributed by atoms with van der Waals surface area (Å²) in [5, 5.41) is 0. The molecule has 0 bridgehead atoms. The Morgan fingerprint density at radius 3 is 2.53 bits per heavy atom. The minimum atomic E-state index is -4.40. The highest BCUT2D eigenvalue weighted by Gasteiger charge is 2.32. The molecule has 1 aromatic heterocycles. The highest BCUT2D eigenvalue weighted by molar-refractivity contribution is 5.61. The molecule has 1 aliphatic rings. The standard InChI is InChI=1S/C14H11F3O2/c15-14(16,17)10-6-9(13-2-1-5-18-13)7-12(8-10)19-11-3-4-11/h1-2,5-8,11H,3-4H2. The van der Waals surface area contributed by atoms with Crippen molar-refractivity contribution in [1.82, 2.24) is 0 Å². The van der Waals surface area contributed by atoms with E-state index in [4.69, 9.17) is 9.15 Å². The Balaban J connectivity index is 2.02. The highest BCUT2D eigenvalue weighted by Crippen LogP contribution is 2.37. The highest BCUT2D eigenvalue weighted by atomic mass is 19.4. The van der Waals surface area contributed by atoms with Crippen LogP contribution >= 0.6 is 0 Å². The molecule has 3 rings (SSSR count). The molecule has 0 aliphatic heterocycles. The molecule has 100 valence electrons. The van der Waals surface area contributed by atoms with E-state index in [1.807, 2.05) is 0 Å². The summed E-state index contributed by atoms with van der Waals surface area (Å²) < 4.78 is 49.2. The first-order valence-corrected chi connectivity index (χ1v) is 5.95. The van der Waals surface area contributed by atoms with Crippen LogP contribution in [-0.2, 0) is 6.18 Å². The number of furan rings is 1. The van der Waals surface area contributed by atoms with Gasteiger partial charge in [-0.1, -0.05) is 0 Å². The molecule has 0 radical (unpaired) electrons. The molecule has 1 heterocycles. The van der Waals surface area contributed by atoms with Gasteiger partial charge in [0.2, 0.25) is 0 Å². The number of ether oxygens (including phenoxy) is 1. The molecule has 2 aromatic rings. The maximum Gasteiger partial charge on any atom is 0.416 e. The Morgan fingerprint density at radius 2 is 1.95 bits per heavy atom. The van der Waals surface area contributed by atoms with Gasteiger partial charge in [-0.25, -0.2) is 0 Å². The number of rotatable bonds is 3. The Labute approximate surface area is 107 Å². The summed E-state index contributed by atoms with van der Waals surface area (Å²) in [5.41, 5.74) is -0.354. The van der Waals surface area contributed by atoms with Crippen LogP contribution in [0.15, 0.2) is 41.0 Å². The van der Waals surface area contributed by atoms with Gasteiger partial charge in [-0.2, -0.15) is 13.2 Å². The SMILES string of the molecule is FC(F)(F)c1cc(OC2CC2)cc(-c2ccco2)c1. The van der Waals surface area contributed by atoms with Crippen LogP contribution < -0.4 is 4.74 Å². The van der Waals surface area contributed by atoms with Crippen LogP contribution in [0.3, 0.4) is 0 Å². The van der Waals surface area contributed by atoms with Crippen LogP contribution in [0.25, 0.3) is 11.3 Å². The second-order valence-electron chi connectivity index (χ2n) is 4.54. The van der Waals surface area contributed by atoms with Crippen molar-refractivity contribution in [3.05, 3.63) is 42.2 Å². The fourth-order valence-electron chi connectivity index (χ4n) is 1.79. The summed E-state index contributed by atoms with van der Waals surface area (Å²) in [6.07, 6.45) is -1.13. The molecule has 0 amide bonds. The van der Waals surface area contributed by atoms with Crippen molar-refractivity contribution in [2.24, 2.45) is 0 Å². The van der Waals surface area contributed by atoms with Crippen LogP contribution in [-0.4, -0.2) is 6.10 Å². The van der Waals surface area contributed by atoms with Crippen LogP contribution in [0, 0.1) is 0 Å². The fourth-order valence-corrected chi connectivity index (χ4v) is 1.79. The van der Waals surface area contributed by atoms with Crippen LogP contribution in [0.4, 0.5) is 13.2 Å². The number of hydrogen-bond donors (Lipinski definition) is 0. The first kappa shape index (κ1) is 12.1. The Morgan fingerprint density at radius 1 is 1.16 bits per heavy atom. The first-order valence-electron chi connectivity index (χ1n) is 5.95. The number of halogens is 3. The third-order valence-corrected chi connectivity index (χ3v) is 2.87. The number of alkyl halides is 3. The molecule has 0 atom stereocenters. The minimum absolute atomic E-state index is 0.0490. The maximum absolute atomic E-state index is 12.9. The number of benzene rings is 1. The van der Waals surface area contributed by atoms with Crippen molar-refractivity contribution in [2.45, 2.75) is 25.1 Å². The summed E-state index contributed by atoms with van der Waals surface area (Å²) in [6.45, 7) is 0. The van der Waals surface area contributed by atoms with Gasteiger partial charge in [0.1, 0.15) is 11.5 Å². The molecule has 2 nitrogen and oxygen atoms in total. The summed E-state index contributed by atoms with van der Waals surface area (Å²) in [4.78, 5) is 0. The van der Waals surface area contributed by atoms with E-state index < -0.39 is 11.7 Å². The van der Waals surface area contributed by atoms with Crippen LogP contribution in [0.2, 0.25) is 0 Å². The Bertz CT molecular complexity index is 569. The van der Waals surface area contributed by atoms with Crippen molar-refractivity contribution in [2.75, 3.05) is 0 Å². The van der Waals surface area contributed by atoms with Crippen molar-refractivity contribution in [3.8, 4) is 17.1 Å². The van der Waals surface area contributed by atoms with E-state index in [2.05, 4.69) is 0 Å². The molecule has 0 spiro atoms. The van der Waals surface area contributed by atoms with E-state index in [9.17, 15) is 13.2 Å². The van der Waals surface area contributed by atoms with Crippen molar-refractivity contribution in [3.63, 3.8) is 0 Å². The molecule has 1 aromatic carbocycles. The fraction of sp³-hybridized carbons (Fsp3) is 0.286. The summed E-state index contributed by atoms with van der Waals surface area (Å²) in [6, 6.07) is 6.93. The smallest absolute Gasteiger partial charge is 0.416 e. The molecule has 0 saturated heterocycles. The molecule has 1 fully saturated rings. The number of hydrogen-bond acceptors (Lipinski definition) is 2. The zero-order valence-corrected chi connectivity index (χ0v) is 9.91. The normalized spacial score (nSPS) is 15.5. The quantitative estimate of drug-likeness (QED) is 0.817. The molecular formula is C14H11F3O2. The predicted molar refractivity (Wildman–Crippen MR) is 62.8 cm³/mol. The van der Waals surface area contributed by atoms with Gasteiger partial charge in [-0.15, -0.1) is 0 Å². The van der Waals surface area contributed by atoms with Gasteiger partial charge >= 0.3 is 6.18 Å². The minimum Gasteiger partial charge on any atom is -0.490 e. The van der Waals surface area contributed by atoms with Crippen molar-refractivity contribution in [1.29, 1.82) is 0 Å². The van der Waals surface area contributed by atoms with Gasteiger partial charge in [-0.3, -0.25) is 0 Å². The maximum atomic E-state index is 12.9. The molecule has 5 heteroatoms. The predicted octanol–water partition coefficient (Wildman–Crippen LogP) is 4.51. The largest absolute Gasteiger partial charge is 0.490 e. The molecule has 1 saturated carbocycles. The molecule has 0 N–H and O–H groups in total. The molecule has 19 heavy (non-hydrogen) atoms. The lowest BCUT2D eigenvalue weighted by Gasteiger charge is -2.12. The van der Waals surface area contributed by atoms with Gasteiger partial charge in [0, 0.05) is 5.56 Å². The van der Waals surface area contributed by atoms with Crippen LogP contribution in [0.1, 0.15) is 18.4 Å². The van der Waals surface area contributed by atoms with E-state index in [1.165, 1.54) is 6.26 Å². The van der Waals surface area contributed by atoms with E-state index in [1.54, 1.807) is 18.2 Å². The molecule has 0 unspecified atom stereocenters. The van der Waals surface area contributed by atoms with Gasteiger partial charge in [0.15, 0.2) is 0 Å². The van der Waals surface area contributed by atoms with E-state index in [-0.39, 0.29) is 11.9 Å². The second-order valence-corrected chi connectivity index (χ2v) is 4.54. The van der Waals surface area contributed by atoms with Crippen molar-refractivity contribution >= 4 is 0 Å². The average Bonchev–Trinajstić information content (AvgIpc) is 2.99. The average molecular weight is 268 g/mol. The Hall–Kier alpha value is -1.91. The molecular weight excluding hydrogens is 257 g/mol. The Kier molecular flexibility index (Phi) is 2.77. The summed E-state index contributed by atoms with van der Waals surface area (Å²) >= 11 is 0. The van der Waals surface area contributed by atoms with Gasteiger partial charge in [-0.05, 0) is 43.2 Å². The lowest BCUT2D eigenvalue weighted by atomic mass is 10.1. The van der Waals surface area contributed by atoms with Gasteiger partial charge in [0.25, 0.3) is 0 Å². The van der Waals surface area contributed by atoms with Crippen LogP contribution in [0.5, 0.6) is 5.75 Å². The third-order valence-electron chi connectivity index (χ3n) is 2.87. The van der Waals surface area contributed by atoms with Gasteiger partial charge < -0.3 is 9.15 Å². The third kappa shape index (κ3) is 2.75. The second kappa shape index (κ2) is 4.33. The zero-order valence-electron chi connectivity index (χ0n) is 9.91. The molecule has 1 aliphatic carbocycles. The van der Waals surface area contributed by atoms with E-state index in [0.717, 1.165) is 25.0 Å². The first-order chi connectivity index (χ1) is 9.02. The van der Waals surface area contributed by atoms with E-state index in [0.29, 0.717) is 11.3 Å². The summed E-state index contributed by atoms with van der Waals surface area (Å²) in [5.74, 6) is 0.635. The van der Waals surface area contributed by atoms with E-state index >= 15 is 0 Å². The lowest BCUT2D eigenvalue weighted by molar-refractivity contribution is -0.137. The zero-order chi connectivity index (χ0) is 13.5. The van der Waals surface area contributed by atoms with Gasteiger partial charge in [0.05, 0.1) is 17.9 Å². The monoisotopic (exact) mass is 268 g/mol.